The number of phenols is 1. The van der Waals surface area contributed by atoms with Crippen molar-refractivity contribution < 1.29 is 28.9 Å². The standard InChI is InChI=1S/C24H21F2NO3.C4H10O/c25-17-5-1-15(2-6-17)22(29)14-13-21-23(16-3-11-20(28)12-4-16)27(24(21)30)19-9-7-18(26)8-10-19;1-4(2,3)5/h1-12,21-23,28-29H,13-14H2;5H,1-3H3/t21-,22?,23-;/m1./s1. The number of rotatable bonds is 6. The lowest BCUT2D eigenvalue weighted by atomic mass is 9.78. The molecular formula is C28H31F2NO4. The maximum Gasteiger partial charge on any atom is 0.233 e. The molecule has 0 radical (unpaired) electrons. The minimum absolute atomic E-state index is 0.106. The number of phenolic OH excluding ortho intramolecular Hbond substituents is 1. The summed E-state index contributed by atoms with van der Waals surface area (Å²) in [5, 5.41) is 28.6. The molecule has 1 aliphatic heterocycles. The predicted octanol–water partition coefficient (Wildman–Crippen LogP) is 5.67. The zero-order valence-corrected chi connectivity index (χ0v) is 20.0. The van der Waals surface area contributed by atoms with Gasteiger partial charge in [0.1, 0.15) is 17.4 Å². The van der Waals surface area contributed by atoms with E-state index in [2.05, 4.69) is 0 Å². The molecule has 186 valence electrons. The van der Waals surface area contributed by atoms with Crippen molar-refractivity contribution in [3.63, 3.8) is 0 Å². The van der Waals surface area contributed by atoms with E-state index in [0.717, 1.165) is 5.56 Å². The van der Waals surface area contributed by atoms with Gasteiger partial charge in [-0.15, -0.1) is 0 Å². The van der Waals surface area contributed by atoms with Crippen molar-refractivity contribution in [2.45, 2.75) is 51.4 Å². The molecule has 1 saturated heterocycles. The first-order valence-corrected chi connectivity index (χ1v) is 11.5. The van der Waals surface area contributed by atoms with Crippen LogP contribution in [0.4, 0.5) is 14.5 Å². The molecule has 3 N–H and O–H groups in total. The van der Waals surface area contributed by atoms with Crippen LogP contribution < -0.4 is 4.90 Å². The van der Waals surface area contributed by atoms with E-state index in [1.807, 2.05) is 0 Å². The Morgan fingerprint density at radius 1 is 0.886 bits per heavy atom. The van der Waals surface area contributed by atoms with E-state index in [9.17, 15) is 23.8 Å². The second-order valence-corrected chi connectivity index (χ2v) is 9.64. The first kappa shape index (κ1) is 26.3. The van der Waals surface area contributed by atoms with E-state index in [0.29, 0.717) is 24.1 Å². The third-order valence-corrected chi connectivity index (χ3v) is 5.56. The molecule has 3 aromatic rings. The maximum absolute atomic E-state index is 13.3. The second kappa shape index (κ2) is 11.0. The van der Waals surface area contributed by atoms with E-state index in [-0.39, 0.29) is 35.3 Å². The Kier molecular flexibility index (Phi) is 8.25. The Labute approximate surface area is 204 Å². The van der Waals surface area contributed by atoms with Gasteiger partial charge in [0.15, 0.2) is 0 Å². The highest BCUT2D eigenvalue weighted by Gasteiger charge is 2.48. The molecule has 1 aliphatic rings. The first-order valence-electron chi connectivity index (χ1n) is 11.5. The van der Waals surface area contributed by atoms with Crippen molar-refractivity contribution in [2.75, 3.05) is 4.90 Å². The Hall–Kier alpha value is -3.29. The Morgan fingerprint density at radius 2 is 1.37 bits per heavy atom. The summed E-state index contributed by atoms with van der Waals surface area (Å²) in [6.07, 6.45) is -0.0344. The number of hydrogen-bond acceptors (Lipinski definition) is 4. The highest BCUT2D eigenvalue weighted by atomic mass is 19.1. The van der Waals surface area contributed by atoms with Gasteiger partial charge in [-0.3, -0.25) is 4.79 Å². The molecule has 0 saturated carbocycles. The molecule has 0 bridgehead atoms. The zero-order chi connectivity index (χ0) is 25.8. The monoisotopic (exact) mass is 483 g/mol. The van der Waals surface area contributed by atoms with Crippen LogP contribution in [0.1, 0.15) is 56.9 Å². The predicted molar refractivity (Wildman–Crippen MR) is 131 cm³/mol. The number of carbonyl (C=O) groups is 1. The second-order valence-electron chi connectivity index (χ2n) is 9.64. The summed E-state index contributed by atoms with van der Waals surface area (Å²) < 4.78 is 26.4. The van der Waals surface area contributed by atoms with Gasteiger partial charge in [-0.25, -0.2) is 8.78 Å². The van der Waals surface area contributed by atoms with Crippen molar-refractivity contribution in [1.29, 1.82) is 0 Å². The van der Waals surface area contributed by atoms with Crippen LogP contribution in [0, 0.1) is 17.6 Å². The molecule has 1 amide bonds. The van der Waals surface area contributed by atoms with Crippen LogP contribution in [0.2, 0.25) is 0 Å². The van der Waals surface area contributed by atoms with Crippen molar-refractivity contribution in [3.05, 3.63) is 95.6 Å². The Morgan fingerprint density at radius 3 is 1.89 bits per heavy atom. The quantitative estimate of drug-likeness (QED) is 0.395. The van der Waals surface area contributed by atoms with Crippen LogP contribution in [0.5, 0.6) is 5.75 Å². The molecule has 0 aliphatic carbocycles. The van der Waals surface area contributed by atoms with Gasteiger partial charge in [0.05, 0.1) is 23.7 Å². The molecule has 0 aromatic heterocycles. The van der Waals surface area contributed by atoms with Gasteiger partial charge in [-0.2, -0.15) is 0 Å². The van der Waals surface area contributed by atoms with Gasteiger partial charge >= 0.3 is 0 Å². The molecule has 1 heterocycles. The highest BCUT2D eigenvalue weighted by molar-refractivity contribution is 6.03. The fraction of sp³-hybridized carbons (Fsp3) is 0.321. The summed E-state index contributed by atoms with van der Waals surface area (Å²) in [5.74, 6) is -1.10. The highest BCUT2D eigenvalue weighted by Crippen LogP contribution is 2.46. The average molecular weight is 484 g/mol. The molecule has 1 unspecified atom stereocenters. The van der Waals surface area contributed by atoms with Crippen molar-refractivity contribution in [1.82, 2.24) is 0 Å². The Bertz CT molecular complexity index is 1100. The lowest BCUT2D eigenvalue weighted by molar-refractivity contribution is -0.131. The molecular weight excluding hydrogens is 452 g/mol. The number of carbonyl (C=O) groups excluding carboxylic acids is 1. The fourth-order valence-corrected chi connectivity index (χ4v) is 3.96. The summed E-state index contributed by atoms with van der Waals surface area (Å²) >= 11 is 0. The summed E-state index contributed by atoms with van der Waals surface area (Å²) in [4.78, 5) is 14.6. The summed E-state index contributed by atoms with van der Waals surface area (Å²) in [7, 11) is 0. The van der Waals surface area contributed by atoms with E-state index >= 15 is 0 Å². The number of halogens is 2. The largest absolute Gasteiger partial charge is 0.508 e. The van der Waals surface area contributed by atoms with Gasteiger partial charge in [0.25, 0.3) is 0 Å². The number of nitrogens with zero attached hydrogens (tertiary/aromatic N) is 1. The van der Waals surface area contributed by atoms with E-state index < -0.39 is 11.7 Å². The normalized spacial score (nSPS) is 18.4. The third kappa shape index (κ3) is 7.10. The van der Waals surface area contributed by atoms with Crippen LogP contribution in [0.25, 0.3) is 0 Å². The van der Waals surface area contributed by atoms with Crippen molar-refractivity contribution in [3.8, 4) is 5.75 Å². The minimum Gasteiger partial charge on any atom is -0.508 e. The third-order valence-electron chi connectivity index (χ3n) is 5.56. The number of aliphatic hydroxyl groups excluding tert-OH is 1. The molecule has 5 nitrogen and oxygen atoms in total. The molecule has 3 aromatic carbocycles. The lowest BCUT2D eigenvalue weighted by Crippen LogP contribution is -2.55. The summed E-state index contributed by atoms with van der Waals surface area (Å²) in [5.41, 5.74) is 1.53. The van der Waals surface area contributed by atoms with E-state index in [4.69, 9.17) is 5.11 Å². The first-order chi connectivity index (χ1) is 16.4. The zero-order valence-electron chi connectivity index (χ0n) is 20.0. The maximum atomic E-state index is 13.3. The molecule has 4 rings (SSSR count). The van der Waals surface area contributed by atoms with E-state index in [1.165, 1.54) is 36.4 Å². The number of aromatic hydroxyl groups is 1. The summed E-state index contributed by atoms with van der Waals surface area (Å²) in [6.45, 7) is 5.23. The van der Waals surface area contributed by atoms with Gasteiger partial charge < -0.3 is 20.2 Å². The van der Waals surface area contributed by atoms with Gasteiger partial charge in [0, 0.05) is 5.69 Å². The minimum atomic E-state index is -0.807. The molecule has 3 atom stereocenters. The van der Waals surface area contributed by atoms with Crippen LogP contribution in [-0.2, 0) is 4.79 Å². The van der Waals surface area contributed by atoms with Crippen molar-refractivity contribution >= 4 is 11.6 Å². The lowest BCUT2D eigenvalue weighted by Gasteiger charge is -2.48. The van der Waals surface area contributed by atoms with Crippen LogP contribution in [0.15, 0.2) is 72.8 Å². The Balaban J connectivity index is 0.000000623. The number of benzene rings is 3. The number of aliphatic hydroxyl groups is 2. The number of hydrogen-bond donors (Lipinski definition) is 3. The fourth-order valence-electron chi connectivity index (χ4n) is 3.96. The molecule has 0 spiro atoms. The van der Waals surface area contributed by atoms with Crippen LogP contribution >= 0.6 is 0 Å². The SMILES string of the molecule is CC(C)(C)O.O=C1[C@H](CCC(O)c2ccc(F)cc2)[C@@H](c2ccc(O)cc2)N1c1ccc(F)cc1. The number of anilines is 1. The van der Waals surface area contributed by atoms with E-state index in [1.54, 1.807) is 62.1 Å². The van der Waals surface area contributed by atoms with Crippen molar-refractivity contribution in [2.24, 2.45) is 5.92 Å². The molecule has 7 heteroatoms. The summed E-state index contributed by atoms with van der Waals surface area (Å²) in [6, 6.07) is 17.7. The topological polar surface area (TPSA) is 81.0 Å². The number of amides is 1. The van der Waals surface area contributed by atoms with Crippen LogP contribution in [0.3, 0.4) is 0 Å². The smallest absolute Gasteiger partial charge is 0.233 e. The molecule has 1 fully saturated rings. The van der Waals surface area contributed by atoms with Crippen LogP contribution in [-0.4, -0.2) is 26.8 Å². The number of β-lactam (4-membered cyclic amide) rings is 1. The van der Waals surface area contributed by atoms with Gasteiger partial charge in [0.2, 0.25) is 5.91 Å². The van der Waals surface area contributed by atoms with Gasteiger partial charge in [-0.05, 0) is 93.3 Å². The average Bonchev–Trinajstić information content (AvgIpc) is 2.79. The van der Waals surface area contributed by atoms with Gasteiger partial charge in [-0.1, -0.05) is 24.3 Å². The molecule has 35 heavy (non-hydrogen) atoms.